The molecule has 0 aromatic carbocycles. The number of carbonyl (C=O) groups is 1. The van der Waals surface area contributed by atoms with Crippen molar-refractivity contribution in [3.8, 4) is 0 Å². The second-order valence-electron chi connectivity index (χ2n) is 7.14. The Labute approximate surface area is 150 Å². The fourth-order valence-corrected chi connectivity index (χ4v) is 4.24. The fourth-order valence-electron chi connectivity index (χ4n) is 4.24. The van der Waals surface area contributed by atoms with Gasteiger partial charge in [-0.3, -0.25) is 9.78 Å². The number of fused-ring (bicyclic) bond motifs is 2. The van der Waals surface area contributed by atoms with Gasteiger partial charge in [0.15, 0.2) is 0 Å². The monoisotopic (exact) mass is 348 g/mol. The molecule has 2 N–H and O–H groups in total. The predicted octanol–water partition coefficient (Wildman–Crippen LogP) is 1.86. The number of carbonyl (C=O) groups excluding carboxylic acids is 1. The number of nitrogens with one attached hydrogen (secondary N) is 2. The SMILES string of the molecule is O=C(NCC[C@@H]1[C@H]2CN(c3ncccn3)C[C@@H]12)c1cc2cnccc2[nH]1. The van der Waals surface area contributed by atoms with Gasteiger partial charge in [-0.2, -0.15) is 0 Å². The lowest BCUT2D eigenvalue weighted by atomic mass is 10.2. The van der Waals surface area contributed by atoms with E-state index in [-0.39, 0.29) is 5.91 Å². The van der Waals surface area contributed by atoms with Crippen molar-refractivity contribution in [1.82, 2.24) is 25.3 Å². The van der Waals surface area contributed by atoms with Gasteiger partial charge in [0.05, 0.1) is 0 Å². The van der Waals surface area contributed by atoms with Crippen LogP contribution in [0.5, 0.6) is 0 Å². The van der Waals surface area contributed by atoms with E-state index in [9.17, 15) is 4.79 Å². The van der Waals surface area contributed by atoms with Crippen molar-refractivity contribution < 1.29 is 4.79 Å². The summed E-state index contributed by atoms with van der Waals surface area (Å²) in [4.78, 5) is 30.4. The van der Waals surface area contributed by atoms with Gasteiger partial charge in [0.1, 0.15) is 5.69 Å². The average molecular weight is 348 g/mol. The number of anilines is 1. The van der Waals surface area contributed by atoms with Gasteiger partial charge in [-0.15, -0.1) is 0 Å². The largest absolute Gasteiger partial charge is 0.351 e. The molecule has 3 aromatic rings. The van der Waals surface area contributed by atoms with Crippen molar-refractivity contribution in [3.63, 3.8) is 0 Å². The first-order valence-corrected chi connectivity index (χ1v) is 9.02. The van der Waals surface area contributed by atoms with Crippen LogP contribution in [0.25, 0.3) is 10.9 Å². The fraction of sp³-hybridized carbons (Fsp3) is 0.368. The molecule has 2 fully saturated rings. The number of H-pyrrole nitrogens is 1. The first-order valence-electron chi connectivity index (χ1n) is 9.02. The molecular weight excluding hydrogens is 328 g/mol. The van der Waals surface area contributed by atoms with Crippen LogP contribution in [-0.4, -0.2) is 45.5 Å². The van der Waals surface area contributed by atoms with E-state index >= 15 is 0 Å². The lowest BCUT2D eigenvalue weighted by Gasteiger charge is -2.19. The molecule has 7 nitrogen and oxygen atoms in total. The van der Waals surface area contributed by atoms with Crippen LogP contribution in [0.2, 0.25) is 0 Å². The van der Waals surface area contributed by atoms with Crippen LogP contribution in [0.15, 0.2) is 43.0 Å². The highest BCUT2D eigenvalue weighted by Crippen LogP contribution is 2.53. The summed E-state index contributed by atoms with van der Waals surface area (Å²) >= 11 is 0. The minimum atomic E-state index is -0.0497. The summed E-state index contributed by atoms with van der Waals surface area (Å²) in [5.41, 5.74) is 1.53. The van der Waals surface area contributed by atoms with Gasteiger partial charge >= 0.3 is 0 Å². The molecule has 2 aliphatic rings. The minimum Gasteiger partial charge on any atom is -0.351 e. The van der Waals surface area contributed by atoms with Gasteiger partial charge in [0.25, 0.3) is 5.91 Å². The highest BCUT2D eigenvalue weighted by atomic mass is 16.1. The Kier molecular flexibility index (Phi) is 3.58. The number of pyridine rings is 1. The molecule has 132 valence electrons. The Bertz CT molecular complexity index is 894. The number of hydrogen-bond acceptors (Lipinski definition) is 5. The minimum absolute atomic E-state index is 0.0497. The lowest BCUT2D eigenvalue weighted by molar-refractivity contribution is 0.0948. The second kappa shape index (κ2) is 6.09. The molecule has 0 spiro atoms. The third-order valence-electron chi connectivity index (χ3n) is 5.64. The summed E-state index contributed by atoms with van der Waals surface area (Å²) in [6, 6.07) is 5.57. The lowest BCUT2D eigenvalue weighted by Crippen LogP contribution is -2.28. The Balaban J connectivity index is 1.11. The molecule has 4 heterocycles. The Morgan fingerprint density at radius 3 is 2.81 bits per heavy atom. The topological polar surface area (TPSA) is 86.8 Å². The molecular formula is C19H20N6O. The van der Waals surface area contributed by atoms with Crippen LogP contribution in [0.3, 0.4) is 0 Å². The van der Waals surface area contributed by atoms with E-state index in [1.54, 1.807) is 24.8 Å². The number of nitrogens with zero attached hydrogens (tertiary/aromatic N) is 4. The maximum Gasteiger partial charge on any atom is 0.267 e. The highest BCUT2D eigenvalue weighted by Gasteiger charge is 2.55. The Hall–Kier alpha value is -2.96. The molecule has 1 amide bonds. The average Bonchev–Trinajstić information content (AvgIpc) is 3.07. The van der Waals surface area contributed by atoms with Crippen LogP contribution >= 0.6 is 0 Å². The van der Waals surface area contributed by atoms with Gasteiger partial charge in [0.2, 0.25) is 5.95 Å². The van der Waals surface area contributed by atoms with Gasteiger partial charge < -0.3 is 15.2 Å². The molecule has 1 saturated carbocycles. The van der Waals surface area contributed by atoms with Crippen molar-refractivity contribution >= 4 is 22.8 Å². The van der Waals surface area contributed by atoms with Gasteiger partial charge in [-0.1, -0.05) is 0 Å². The van der Waals surface area contributed by atoms with Crippen LogP contribution < -0.4 is 10.2 Å². The normalized spacial score (nSPS) is 23.8. The molecule has 3 atom stereocenters. The van der Waals surface area contributed by atoms with E-state index in [0.717, 1.165) is 48.2 Å². The van der Waals surface area contributed by atoms with Gasteiger partial charge in [0, 0.05) is 55.3 Å². The van der Waals surface area contributed by atoms with Crippen LogP contribution in [0.1, 0.15) is 16.9 Å². The number of hydrogen-bond donors (Lipinski definition) is 2. The summed E-state index contributed by atoms with van der Waals surface area (Å²) in [6.07, 6.45) is 8.09. The zero-order chi connectivity index (χ0) is 17.5. The van der Waals surface area contributed by atoms with Crippen molar-refractivity contribution in [2.75, 3.05) is 24.5 Å². The first kappa shape index (κ1) is 15.3. The molecule has 0 unspecified atom stereocenters. The summed E-state index contributed by atoms with van der Waals surface area (Å²) < 4.78 is 0. The van der Waals surface area contributed by atoms with E-state index in [2.05, 4.69) is 30.2 Å². The van der Waals surface area contributed by atoms with E-state index < -0.39 is 0 Å². The molecule has 0 bridgehead atoms. The third kappa shape index (κ3) is 2.69. The van der Waals surface area contributed by atoms with Crippen molar-refractivity contribution in [3.05, 3.63) is 48.7 Å². The molecule has 7 heteroatoms. The standard InChI is InChI=1S/C19H20N6O/c26-18(17-8-12-9-20-6-3-16(12)24-17)21-7-2-13-14-10-25(11-15(13)14)19-22-4-1-5-23-19/h1,3-6,8-9,13-15,24H,2,7,10-11H2,(H,21,26)/t13-,14-,15+. The molecule has 26 heavy (non-hydrogen) atoms. The number of aromatic nitrogens is 4. The first-order chi connectivity index (χ1) is 12.8. The number of piperidine rings is 1. The Morgan fingerprint density at radius 1 is 1.23 bits per heavy atom. The summed E-state index contributed by atoms with van der Waals surface area (Å²) in [7, 11) is 0. The molecule has 1 aliphatic heterocycles. The predicted molar refractivity (Wildman–Crippen MR) is 97.8 cm³/mol. The highest BCUT2D eigenvalue weighted by molar-refractivity contribution is 5.97. The van der Waals surface area contributed by atoms with E-state index in [1.165, 1.54) is 0 Å². The smallest absolute Gasteiger partial charge is 0.267 e. The van der Waals surface area contributed by atoms with Gasteiger partial charge in [-0.25, -0.2) is 9.97 Å². The second-order valence-corrected chi connectivity index (χ2v) is 7.14. The number of amides is 1. The maximum absolute atomic E-state index is 12.3. The summed E-state index contributed by atoms with van der Waals surface area (Å²) in [6.45, 7) is 2.77. The van der Waals surface area contributed by atoms with E-state index in [1.807, 2.05) is 18.2 Å². The zero-order valence-corrected chi connectivity index (χ0v) is 14.3. The summed E-state index contributed by atoms with van der Waals surface area (Å²) in [5, 5.41) is 3.99. The summed E-state index contributed by atoms with van der Waals surface area (Å²) in [5.74, 6) is 2.93. The molecule has 1 aliphatic carbocycles. The van der Waals surface area contributed by atoms with Crippen LogP contribution in [-0.2, 0) is 0 Å². The third-order valence-corrected chi connectivity index (χ3v) is 5.64. The van der Waals surface area contributed by atoms with Gasteiger partial charge in [-0.05, 0) is 42.4 Å². The Morgan fingerprint density at radius 2 is 2.04 bits per heavy atom. The zero-order valence-electron chi connectivity index (χ0n) is 14.3. The van der Waals surface area contributed by atoms with Crippen LogP contribution in [0, 0.1) is 17.8 Å². The maximum atomic E-state index is 12.3. The molecule has 5 rings (SSSR count). The molecule has 1 saturated heterocycles. The van der Waals surface area contributed by atoms with E-state index in [0.29, 0.717) is 18.2 Å². The van der Waals surface area contributed by atoms with E-state index in [4.69, 9.17) is 0 Å². The van der Waals surface area contributed by atoms with Crippen molar-refractivity contribution in [2.24, 2.45) is 17.8 Å². The van der Waals surface area contributed by atoms with Crippen molar-refractivity contribution in [1.29, 1.82) is 0 Å². The van der Waals surface area contributed by atoms with Crippen molar-refractivity contribution in [2.45, 2.75) is 6.42 Å². The number of rotatable bonds is 5. The number of aromatic amines is 1. The van der Waals surface area contributed by atoms with Crippen LogP contribution in [0.4, 0.5) is 5.95 Å². The molecule has 3 aromatic heterocycles. The quantitative estimate of drug-likeness (QED) is 0.735. The molecule has 0 radical (unpaired) electrons.